The van der Waals surface area contributed by atoms with Crippen molar-refractivity contribution in [2.24, 2.45) is 0 Å². The molecule has 0 saturated carbocycles. The van der Waals surface area contributed by atoms with Gasteiger partial charge >= 0.3 is 0 Å². The first-order valence-corrected chi connectivity index (χ1v) is 9.34. The van der Waals surface area contributed by atoms with E-state index in [2.05, 4.69) is 5.32 Å². The van der Waals surface area contributed by atoms with E-state index in [1.165, 1.54) is 22.5 Å². The monoisotopic (exact) mass is 388 g/mol. The summed E-state index contributed by atoms with van der Waals surface area (Å²) in [4.78, 5) is 0. The van der Waals surface area contributed by atoms with E-state index in [0.29, 0.717) is 30.0 Å². The van der Waals surface area contributed by atoms with Gasteiger partial charge in [0.1, 0.15) is 11.5 Å². The highest BCUT2D eigenvalue weighted by Gasteiger charge is 2.41. The van der Waals surface area contributed by atoms with E-state index in [4.69, 9.17) is 4.74 Å². The van der Waals surface area contributed by atoms with Crippen molar-refractivity contribution < 1.29 is 18.2 Å². The van der Waals surface area contributed by atoms with E-state index in [1.807, 2.05) is 25.2 Å². The molecule has 0 unspecified atom stereocenters. The minimum absolute atomic E-state index is 0. The summed E-state index contributed by atoms with van der Waals surface area (Å²) in [6, 6.07) is 13.1. The lowest BCUT2D eigenvalue weighted by molar-refractivity contribution is 0.235. The third kappa shape index (κ3) is 4.02. The van der Waals surface area contributed by atoms with Gasteiger partial charge in [0.2, 0.25) is 5.44 Å². The fourth-order valence-corrected chi connectivity index (χ4v) is 4.56. The number of halogens is 2. The molecule has 0 aliphatic carbocycles. The fourth-order valence-electron chi connectivity index (χ4n) is 2.74. The van der Waals surface area contributed by atoms with Crippen molar-refractivity contribution in [2.75, 3.05) is 17.9 Å². The Bertz CT molecular complexity index is 706. The van der Waals surface area contributed by atoms with Gasteiger partial charge in [0.05, 0.1) is 5.69 Å². The molecule has 0 amide bonds. The highest BCUT2D eigenvalue weighted by molar-refractivity contribution is 8.26. The number of nitrogens with one attached hydrogen (secondary N) is 1. The van der Waals surface area contributed by atoms with Crippen LogP contribution in [0.25, 0.3) is 0 Å². The molecule has 2 aromatic carbocycles. The van der Waals surface area contributed by atoms with Gasteiger partial charge in [0.25, 0.3) is 0 Å². The number of hydrogen-bond acceptors (Lipinski definition) is 5. The van der Waals surface area contributed by atoms with Crippen LogP contribution < -0.4 is 14.4 Å². The first kappa shape index (κ1) is 19.8. The van der Waals surface area contributed by atoms with Gasteiger partial charge < -0.3 is 10.1 Å². The predicted octanol–water partition coefficient (Wildman–Crippen LogP) is 4.77. The summed E-state index contributed by atoms with van der Waals surface area (Å²) >= 11 is 0. The van der Waals surface area contributed by atoms with Crippen molar-refractivity contribution in [1.82, 2.24) is 5.32 Å². The van der Waals surface area contributed by atoms with Gasteiger partial charge in [-0.1, -0.05) is 29.0 Å². The number of rotatable bonds is 5. The number of anilines is 2. The zero-order valence-corrected chi connectivity index (χ0v) is 15.4. The smallest absolute Gasteiger partial charge is 0.206 e. The SMILES string of the molecule is CNCCC[C@@H]1Oc2cc(F)ccc2N(c2ccccc2)S1(O)O.Cl. The van der Waals surface area contributed by atoms with Crippen LogP contribution in [0.3, 0.4) is 0 Å². The normalized spacial score (nSPS) is 19.4. The van der Waals surface area contributed by atoms with E-state index in [0.717, 1.165) is 6.54 Å². The number of fused-ring (bicyclic) bond motifs is 1. The molecule has 0 radical (unpaired) electrons. The first-order valence-electron chi connectivity index (χ1n) is 7.77. The van der Waals surface area contributed by atoms with E-state index in [1.54, 1.807) is 12.1 Å². The second-order valence-corrected chi connectivity index (χ2v) is 7.61. The lowest BCUT2D eigenvalue weighted by Gasteiger charge is -2.51. The number of benzene rings is 2. The Morgan fingerprint density at radius 3 is 2.60 bits per heavy atom. The van der Waals surface area contributed by atoms with E-state index >= 15 is 0 Å². The average molecular weight is 389 g/mol. The molecule has 25 heavy (non-hydrogen) atoms. The van der Waals surface area contributed by atoms with Crippen LogP contribution >= 0.6 is 23.2 Å². The number of hydrogen-bond donors (Lipinski definition) is 3. The summed E-state index contributed by atoms with van der Waals surface area (Å²) in [6.45, 7) is 0.733. The van der Waals surface area contributed by atoms with Gasteiger partial charge in [-0.05, 0) is 44.3 Å². The van der Waals surface area contributed by atoms with Gasteiger partial charge in [-0.3, -0.25) is 9.11 Å². The van der Waals surface area contributed by atoms with Crippen LogP contribution in [0.1, 0.15) is 12.8 Å². The topological polar surface area (TPSA) is 65.0 Å². The Morgan fingerprint density at radius 1 is 1.20 bits per heavy atom. The minimum Gasteiger partial charge on any atom is -0.466 e. The Labute approximate surface area is 154 Å². The molecule has 0 fully saturated rings. The van der Waals surface area contributed by atoms with E-state index in [-0.39, 0.29) is 12.4 Å². The Morgan fingerprint density at radius 2 is 1.92 bits per heavy atom. The molecule has 0 saturated heterocycles. The van der Waals surface area contributed by atoms with E-state index in [9.17, 15) is 13.5 Å². The van der Waals surface area contributed by atoms with Crippen molar-refractivity contribution in [3.05, 3.63) is 54.3 Å². The number of nitrogens with zero attached hydrogens (tertiary/aromatic N) is 1. The molecule has 1 heterocycles. The van der Waals surface area contributed by atoms with Crippen LogP contribution in [0.15, 0.2) is 48.5 Å². The first-order chi connectivity index (χ1) is 11.5. The zero-order chi connectivity index (χ0) is 17.2. The third-order valence-electron chi connectivity index (χ3n) is 3.88. The molecule has 1 aliphatic rings. The van der Waals surface area contributed by atoms with Crippen LogP contribution in [0.5, 0.6) is 5.75 Å². The van der Waals surface area contributed by atoms with Crippen molar-refractivity contribution in [3.63, 3.8) is 0 Å². The minimum atomic E-state index is -3.26. The van der Waals surface area contributed by atoms with Crippen LogP contribution in [0, 0.1) is 5.82 Å². The lowest BCUT2D eigenvalue weighted by Crippen LogP contribution is -2.39. The average Bonchev–Trinajstić information content (AvgIpc) is 2.56. The lowest BCUT2D eigenvalue weighted by atomic mass is 10.2. The van der Waals surface area contributed by atoms with Gasteiger partial charge in [-0.25, -0.2) is 8.70 Å². The molecular weight excluding hydrogens is 367 g/mol. The second-order valence-electron chi connectivity index (χ2n) is 5.60. The summed E-state index contributed by atoms with van der Waals surface area (Å²) in [7, 11) is -1.43. The quantitative estimate of drug-likeness (QED) is 0.644. The number of para-hydroxylation sites is 1. The van der Waals surface area contributed by atoms with Gasteiger partial charge in [0, 0.05) is 12.5 Å². The molecule has 3 N–H and O–H groups in total. The maximum absolute atomic E-state index is 13.6. The molecule has 2 aromatic rings. The van der Waals surface area contributed by atoms with Crippen molar-refractivity contribution in [3.8, 4) is 5.75 Å². The summed E-state index contributed by atoms with van der Waals surface area (Å²) in [5.41, 5.74) is 0.264. The van der Waals surface area contributed by atoms with Crippen molar-refractivity contribution in [2.45, 2.75) is 18.3 Å². The van der Waals surface area contributed by atoms with E-state index < -0.39 is 22.0 Å². The highest BCUT2D eigenvalue weighted by Crippen LogP contribution is 2.61. The summed E-state index contributed by atoms with van der Waals surface area (Å²) in [5, 5.41) is 3.02. The molecule has 3 rings (SSSR count). The fraction of sp³-hybridized carbons (Fsp3) is 0.294. The Kier molecular flexibility index (Phi) is 6.53. The molecular formula is C17H22ClFN2O3S. The maximum atomic E-state index is 13.6. The highest BCUT2D eigenvalue weighted by atomic mass is 35.5. The molecule has 0 bridgehead atoms. The molecule has 1 atom stereocenters. The zero-order valence-electron chi connectivity index (χ0n) is 13.8. The molecule has 8 heteroatoms. The van der Waals surface area contributed by atoms with Crippen LogP contribution in [-0.4, -0.2) is 28.1 Å². The standard InChI is InChI=1S/C17H21FN2O3S.ClH/c1-19-11-5-8-17-23-16-12-13(18)9-10-15(16)20(24(17,21)22)14-6-3-2-4-7-14;/h2-4,6-7,9-10,12,17,19,21-22H,5,8,11H2,1H3;1H/t17-;/m1./s1. The molecule has 0 spiro atoms. The third-order valence-corrected chi connectivity index (χ3v) is 5.86. The Balaban J connectivity index is 0.00000225. The summed E-state index contributed by atoms with van der Waals surface area (Å²) in [6.07, 6.45) is 1.16. The molecule has 1 aliphatic heterocycles. The maximum Gasteiger partial charge on any atom is 0.206 e. The van der Waals surface area contributed by atoms with Crippen molar-refractivity contribution >= 4 is 34.6 Å². The number of ether oxygens (including phenoxy) is 1. The molecule has 5 nitrogen and oxygen atoms in total. The second kappa shape index (κ2) is 8.25. The van der Waals surface area contributed by atoms with Crippen LogP contribution in [-0.2, 0) is 0 Å². The van der Waals surface area contributed by atoms with Gasteiger partial charge in [-0.2, -0.15) is 0 Å². The summed E-state index contributed by atoms with van der Waals surface area (Å²) in [5.74, 6) is -0.103. The molecule has 138 valence electrons. The molecule has 0 aromatic heterocycles. The summed E-state index contributed by atoms with van der Waals surface area (Å²) < 4.78 is 42.6. The van der Waals surface area contributed by atoms with Gasteiger partial charge in [0.15, 0.2) is 5.75 Å². The van der Waals surface area contributed by atoms with Crippen LogP contribution in [0.2, 0.25) is 0 Å². The van der Waals surface area contributed by atoms with Gasteiger partial charge in [-0.15, -0.1) is 12.4 Å². The predicted molar refractivity (Wildman–Crippen MR) is 103 cm³/mol. The van der Waals surface area contributed by atoms with Crippen LogP contribution in [0.4, 0.5) is 15.8 Å². The Hall–Kier alpha value is -1.51. The largest absolute Gasteiger partial charge is 0.466 e. The van der Waals surface area contributed by atoms with Crippen molar-refractivity contribution in [1.29, 1.82) is 0 Å².